The van der Waals surface area contributed by atoms with Crippen molar-refractivity contribution < 1.29 is 22.6 Å². The highest BCUT2D eigenvalue weighted by atomic mass is 79.9. The minimum atomic E-state index is -4.67. The highest BCUT2D eigenvalue weighted by Crippen LogP contribution is 2.28. The number of hydrogen-bond donors (Lipinski definition) is 5. The Hall–Kier alpha value is -0.230. The van der Waals surface area contributed by atoms with Crippen molar-refractivity contribution in [2.24, 2.45) is 0 Å². The SMILES string of the molecule is Nc1c(Br)cc(Br)cc1CN[C@@H]1CCC[C@H]1O.O=S(=O)(O)O. The Balaban J connectivity index is 0.000000422. The lowest BCUT2D eigenvalue weighted by Crippen LogP contribution is -2.35. The number of hydrogen-bond acceptors (Lipinski definition) is 5. The lowest BCUT2D eigenvalue weighted by molar-refractivity contribution is 0.148. The molecule has 6 N–H and O–H groups in total. The second-order valence-electron chi connectivity index (χ2n) is 4.89. The summed E-state index contributed by atoms with van der Waals surface area (Å²) in [6.07, 6.45) is 2.81. The molecule has 0 amide bonds. The summed E-state index contributed by atoms with van der Waals surface area (Å²) in [7, 11) is -4.67. The van der Waals surface area contributed by atoms with E-state index in [2.05, 4.69) is 37.2 Å². The predicted molar refractivity (Wildman–Crippen MR) is 90.9 cm³/mol. The number of anilines is 1. The van der Waals surface area contributed by atoms with Crippen molar-refractivity contribution in [1.82, 2.24) is 5.32 Å². The first-order valence-electron chi connectivity index (χ1n) is 6.42. The smallest absolute Gasteiger partial charge is 0.394 e. The molecule has 0 unspecified atom stereocenters. The quantitative estimate of drug-likeness (QED) is 0.344. The summed E-state index contributed by atoms with van der Waals surface area (Å²) in [6, 6.07) is 4.14. The van der Waals surface area contributed by atoms with Crippen LogP contribution in [0.1, 0.15) is 24.8 Å². The molecule has 0 aromatic heterocycles. The van der Waals surface area contributed by atoms with Gasteiger partial charge in [0.15, 0.2) is 0 Å². The zero-order chi connectivity index (χ0) is 16.9. The third-order valence-electron chi connectivity index (χ3n) is 3.21. The molecule has 1 aromatic rings. The Bertz CT molecular complexity index is 604. The third kappa shape index (κ3) is 7.36. The zero-order valence-corrected chi connectivity index (χ0v) is 15.5. The van der Waals surface area contributed by atoms with E-state index >= 15 is 0 Å². The molecule has 1 aromatic carbocycles. The Kier molecular flexibility index (Phi) is 7.72. The van der Waals surface area contributed by atoms with Gasteiger partial charge in [0.05, 0.1) is 11.8 Å². The van der Waals surface area contributed by atoms with Gasteiger partial charge in [-0.05, 0) is 52.9 Å². The molecule has 1 aliphatic carbocycles. The molecule has 2 atom stereocenters. The van der Waals surface area contributed by atoms with Crippen molar-refractivity contribution in [1.29, 1.82) is 0 Å². The van der Waals surface area contributed by atoms with Crippen LogP contribution >= 0.6 is 31.9 Å². The van der Waals surface area contributed by atoms with Crippen molar-refractivity contribution in [2.75, 3.05) is 5.73 Å². The molecule has 0 saturated heterocycles. The van der Waals surface area contributed by atoms with Gasteiger partial charge in [0.1, 0.15) is 0 Å². The van der Waals surface area contributed by atoms with Crippen molar-refractivity contribution in [3.8, 4) is 0 Å². The van der Waals surface area contributed by atoms with E-state index in [0.29, 0.717) is 6.54 Å². The highest BCUT2D eigenvalue weighted by molar-refractivity contribution is 9.11. The standard InChI is InChI=1S/C12H16Br2N2O.H2O4S/c13-8-4-7(12(15)9(14)5-8)6-16-10-2-1-3-11(10)17;1-5(2,3)4/h4-5,10-11,16-17H,1-3,6,15H2;(H2,1,2,3,4)/t10-,11-;/m1./s1. The summed E-state index contributed by atoms with van der Waals surface area (Å²) in [5.74, 6) is 0. The Morgan fingerprint density at radius 1 is 1.27 bits per heavy atom. The number of nitrogen functional groups attached to an aromatic ring is 1. The van der Waals surface area contributed by atoms with E-state index in [4.69, 9.17) is 23.3 Å². The van der Waals surface area contributed by atoms with E-state index in [1.165, 1.54) is 0 Å². The molecule has 0 bridgehead atoms. The largest absolute Gasteiger partial charge is 0.398 e. The number of nitrogens with two attached hydrogens (primary N) is 1. The average Bonchev–Trinajstić information content (AvgIpc) is 2.75. The van der Waals surface area contributed by atoms with Crippen molar-refractivity contribution in [2.45, 2.75) is 38.0 Å². The maximum Gasteiger partial charge on any atom is 0.394 e. The van der Waals surface area contributed by atoms with Gasteiger partial charge in [-0.25, -0.2) is 0 Å². The van der Waals surface area contributed by atoms with Crippen LogP contribution in [0, 0.1) is 0 Å². The number of aliphatic hydroxyl groups is 1. The second-order valence-corrected chi connectivity index (χ2v) is 7.56. The molecule has 1 saturated carbocycles. The van der Waals surface area contributed by atoms with Crippen molar-refractivity contribution in [3.05, 3.63) is 26.6 Å². The van der Waals surface area contributed by atoms with Gasteiger partial charge >= 0.3 is 10.4 Å². The van der Waals surface area contributed by atoms with Crippen LogP contribution in [0.15, 0.2) is 21.1 Å². The monoisotopic (exact) mass is 460 g/mol. The summed E-state index contributed by atoms with van der Waals surface area (Å²) in [5.41, 5.74) is 7.80. The summed E-state index contributed by atoms with van der Waals surface area (Å²) in [5, 5.41) is 13.1. The van der Waals surface area contributed by atoms with E-state index in [0.717, 1.165) is 39.5 Å². The molecule has 7 nitrogen and oxygen atoms in total. The van der Waals surface area contributed by atoms with Crippen molar-refractivity contribution in [3.63, 3.8) is 0 Å². The molecular weight excluding hydrogens is 444 g/mol. The number of benzene rings is 1. The summed E-state index contributed by atoms with van der Waals surface area (Å²) in [6.45, 7) is 0.686. The molecule has 1 fully saturated rings. The van der Waals surface area contributed by atoms with E-state index < -0.39 is 10.4 Å². The van der Waals surface area contributed by atoms with E-state index in [1.54, 1.807) is 0 Å². The molecule has 0 aliphatic heterocycles. The van der Waals surface area contributed by atoms with E-state index in [-0.39, 0.29) is 12.1 Å². The maximum absolute atomic E-state index is 9.73. The van der Waals surface area contributed by atoms with E-state index in [9.17, 15) is 5.11 Å². The molecule has 2 rings (SSSR count). The third-order valence-corrected chi connectivity index (χ3v) is 4.33. The van der Waals surface area contributed by atoms with Crippen LogP contribution in [-0.2, 0) is 16.9 Å². The van der Waals surface area contributed by atoms with Gasteiger partial charge in [0.2, 0.25) is 0 Å². The summed E-state index contributed by atoms with van der Waals surface area (Å²) >= 11 is 6.88. The Morgan fingerprint density at radius 2 is 1.86 bits per heavy atom. The second kappa shape index (κ2) is 8.57. The van der Waals surface area contributed by atoms with Crippen LogP contribution in [0.3, 0.4) is 0 Å². The lowest BCUT2D eigenvalue weighted by atomic mass is 10.1. The van der Waals surface area contributed by atoms with Crippen LogP contribution in [0.5, 0.6) is 0 Å². The molecule has 0 heterocycles. The molecule has 22 heavy (non-hydrogen) atoms. The molecule has 1 aliphatic rings. The Morgan fingerprint density at radius 3 is 2.36 bits per heavy atom. The van der Waals surface area contributed by atoms with Crippen LogP contribution in [0.25, 0.3) is 0 Å². The van der Waals surface area contributed by atoms with Crippen LogP contribution in [-0.4, -0.2) is 34.8 Å². The normalized spacial score (nSPS) is 21.3. The van der Waals surface area contributed by atoms with Gasteiger partial charge in [-0.1, -0.05) is 15.9 Å². The fourth-order valence-electron chi connectivity index (χ4n) is 2.20. The first-order chi connectivity index (χ1) is 10.1. The maximum atomic E-state index is 9.73. The van der Waals surface area contributed by atoms with Crippen LogP contribution < -0.4 is 11.1 Å². The van der Waals surface area contributed by atoms with Gasteiger partial charge in [0.25, 0.3) is 0 Å². The summed E-state index contributed by atoms with van der Waals surface area (Å²) in [4.78, 5) is 0. The summed E-state index contributed by atoms with van der Waals surface area (Å²) < 4.78 is 33.5. The van der Waals surface area contributed by atoms with Crippen molar-refractivity contribution >= 4 is 47.9 Å². The first-order valence-corrected chi connectivity index (χ1v) is 9.41. The fraction of sp³-hybridized carbons (Fsp3) is 0.500. The molecule has 10 heteroatoms. The Labute approximate surface area is 146 Å². The van der Waals surface area contributed by atoms with Gasteiger partial charge in [-0.15, -0.1) is 0 Å². The number of nitrogens with one attached hydrogen (secondary N) is 1. The highest BCUT2D eigenvalue weighted by Gasteiger charge is 2.24. The van der Waals surface area contributed by atoms with Gasteiger partial charge in [-0.2, -0.15) is 8.42 Å². The lowest BCUT2D eigenvalue weighted by Gasteiger charge is -2.17. The van der Waals surface area contributed by atoms with E-state index in [1.807, 2.05) is 12.1 Å². The predicted octanol–water partition coefficient (Wildman–Crippen LogP) is 2.14. The molecule has 0 spiro atoms. The first kappa shape index (κ1) is 19.8. The molecule has 0 radical (unpaired) electrons. The number of halogens is 2. The minimum Gasteiger partial charge on any atom is -0.398 e. The zero-order valence-electron chi connectivity index (χ0n) is 11.5. The topological polar surface area (TPSA) is 133 Å². The van der Waals surface area contributed by atoms with Gasteiger partial charge < -0.3 is 16.2 Å². The molecular formula is C12H18Br2N2O5S. The van der Waals surface area contributed by atoms with Gasteiger partial charge in [-0.3, -0.25) is 9.11 Å². The number of aliphatic hydroxyl groups excluding tert-OH is 1. The molecule has 126 valence electrons. The van der Waals surface area contributed by atoms with Gasteiger partial charge in [0, 0.05) is 21.5 Å². The van der Waals surface area contributed by atoms with Crippen LogP contribution in [0.2, 0.25) is 0 Å². The average molecular weight is 462 g/mol. The van der Waals surface area contributed by atoms with Crippen LogP contribution in [0.4, 0.5) is 5.69 Å². The fourth-order valence-corrected chi connectivity index (χ4v) is 3.52. The minimum absolute atomic E-state index is 0.201. The number of rotatable bonds is 3.